The number of hydrogen-bond acceptors (Lipinski definition) is 0. The quantitative estimate of drug-likeness (QED) is 0.284. The predicted octanol–water partition coefficient (Wildman–Crippen LogP) is 7.74. The molecule has 2 heterocycles. The van der Waals surface area contributed by atoms with Gasteiger partial charge in [0.1, 0.15) is 0 Å². The number of rotatable bonds is 1. The van der Waals surface area contributed by atoms with Crippen molar-refractivity contribution in [2.24, 2.45) is 0 Å². The van der Waals surface area contributed by atoms with Crippen LogP contribution in [0.25, 0.3) is 26.3 Å². The van der Waals surface area contributed by atoms with Crippen molar-refractivity contribution < 1.29 is 0 Å². The summed E-state index contributed by atoms with van der Waals surface area (Å²) in [5, 5.41) is 8.33. The Morgan fingerprint density at radius 2 is 1.54 bits per heavy atom. The van der Waals surface area contributed by atoms with Crippen molar-refractivity contribution >= 4 is 51.7 Å². The van der Waals surface area contributed by atoms with E-state index in [2.05, 4.69) is 54.6 Å². The second-order valence-electron chi connectivity index (χ2n) is 6.16. The third-order valence-electron chi connectivity index (χ3n) is 4.78. The lowest BCUT2D eigenvalue weighted by molar-refractivity contribution is 1.28. The van der Waals surface area contributed by atoms with Gasteiger partial charge in [0.2, 0.25) is 0 Å². The summed E-state index contributed by atoms with van der Waals surface area (Å²) in [6, 6.07) is 23.9. The van der Waals surface area contributed by atoms with Gasteiger partial charge < -0.3 is 0 Å². The van der Waals surface area contributed by atoms with Crippen LogP contribution in [0.15, 0.2) is 66.7 Å². The van der Waals surface area contributed by atoms with Gasteiger partial charge in [0.05, 0.1) is 0 Å². The maximum Gasteiger partial charge on any atom is 0.0448 e. The van der Waals surface area contributed by atoms with Gasteiger partial charge in [-0.1, -0.05) is 55.0 Å². The highest BCUT2D eigenvalue weighted by molar-refractivity contribution is 7.66. The van der Waals surface area contributed by atoms with Crippen LogP contribution in [-0.2, 0) is 6.42 Å². The molecule has 1 unspecified atom stereocenters. The molecular formula is C21H13Cl2P. The van der Waals surface area contributed by atoms with Crippen molar-refractivity contribution in [3.05, 3.63) is 87.9 Å². The summed E-state index contributed by atoms with van der Waals surface area (Å²) in [5.74, 6) is 0. The third-order valence-corrected chi connectivity index (χ3v) is 7.89. The van der Waals surface area contributed by atoms with Crippen molar-refractivity contribution in [2.45, 2.75) is 6.42 Å². The Bertz CT molecular complexity index is 1120. The monoisotopic (exact) mass is 366 g/mol. The van der Waals surface area contributed by atoms with Crippen LogP contribution in [0.5, 0.6) is 0 Å². The van der Waals surface area contributed by atoms with Crippen LogP contribution in [0.4, 0.5) is 0 Å². The summed E-state index contributed by atoms with van der Waals surface area (Å²) in [7, 11) is -0.615. The zero-order valence-electron chi connectivity index (χ0n) is 12.8. The van der Waals surface area contributed by atoms with E-state index in [0.29, 0.717) is 0 Å². The van der Waals surface area contributed by atoms with Crippen LogP contribution in [0, 0.1) is 0 Å². The fourth-order valence-corrected chi connectivity index (χ4v) is 6.38. The second kappa shape index (κ2) is 5.39. The van der Waals surface area contributed by atoms with Crippen molar-refractivity contribution in [1.29, 1.82) is 0 Å². The molecule has 6 rings (SSSR count). The Morgan fingerprint density at radius 3 is 2.29 bits per heavy atom. The van der Waals surface area contributed by atoms with Crippen molar-refractivity contribution in [3.8, 4) is 5.30 Å². The molecule has 5 aromatic rings. The summed E-state index contributed by atoms with van der Waals surface area (Å²) < 4.78 is 0. The molecule has 0 fully saturated rings. The highest BCUT2D eigenvalue weighted by Gasteiger charge is 2.17. The molecule has 2 aromatic heterocycles. The van der Waals surface area contributed by atoms with Crippen LogP contribution in [0.3, 0.4) is 0 Å². The SMILES string of the molecule is Clc1ccc(-p2c3ccc(cc3)c3cc4c(c(Cl)ccc42)C3)cc1. The minimum atomic E-state index is -0.615. The fourth-order valence-electron chi connectivity index (χ4n) is 3.60. The van der Waals surface area contributed by atoms with Crippen molar-refractivity contribution in [1.82, 2.24) is 0 Å². The van der Waals surface area contributed by atoms with Gasteiger partial charge in [-0.3, -0.25) is 0 Å². The minimum Gasteiger partial charge on any atom is -0.0843 e. The molecule has 116 valence electrons. The van der Waals surface area contributed by atoms with Gasteiger partial charge in [0.15, 0.2) is 0 Å². The van der Waals surface area contributed by atoms with Gasteiger partial charge in [-0.15, -0.1) is 0 Å². The molecular weight excluding hydrogens is 354 g/mol. The van der Waals surface area contributed by atoms with E-state index in [9.17, 15) is 0 Å². The Balaban J connectivity index is 2.03. The summed E-state index contributed by atoms with van der Waals surface area (Å²) in [6.07, 6.45) is 0.922. The molecule has 0 saturated carbocycles. The lowest BCUT2D eigenvalue weighted by Crippen LogP contribution is -1.84. The van der Waals surface area contributed by atoms with E-state index in [1.54, 1.807) is 0 Å². The lowest BCUT2D eigenvalue weighted by atomic mass is 10.1. The molecule has 0 radical (unpaired) electrons. The van der Waals surface area contributed by atoms with Gasteiger partial charge in [0, 0.05) is 21.6 Å². The van der Waals surface area contributed by atoms with Crippen molar-refractivity contribution in [2.75, 3.05) is 0 Å². The standard InChI is InChI=1S/C21H13Cl2P/c22-15-3-7-17(8-4-15)24-16-5-1-13(2-6-16)14-11-18-19(12-14)21(24)10-9-20(18)23/h1-10,12H,11H2. The smallest absolute Gasteiger partial charge is 0.0448 e. The number of halogens is 2. The Morgan fingerprint density at radius 1 is 0.792 bits per heavy atom. The van der Waals surface area contributed by atoms with Crippen LogP contribution >= 0.6 is 30.7 Å². The highest BCUT2D eigenvalue weighted by Crippen LogP contribution is 2.51. The first-order chi connectivity index (χ1) is 11.7. The van der Waals surface area contributed by atoms with Crippen LogP contribution < -0.4 is 0 Å². The van der Waals surface area contributed by atoms with Crippen LogP contribution in [0.1, 0.15) is 11.1 Å². The van der Waals surface area contributed by atoms with Gasteiger partial charge in [0.25, 0.3) is 0 Å². The van der Waals surface area contributed by atoms with E-state index >= 15 is 0 Å². The first-order valence-electron chi connectivity index (χ1n) is 7.89. The Hall–Kier alpha value is -1.72. The summed E-state index contributed by atoms with van der Waals surface area (Å²) in [6.45, 7) is 0. The second-order valence-corrected chi connectivity index (χ2v) is 9.19. The average molecular weight is 367 g/mol. The van der Waals surface area contributed by atoms with Crippen LogP contribution in [-0.4, -0.2) is 0 Å². The normalized spacial score (nSPS) is 13.2. The molecule has 1 atom stereocenters. The molecule has 0 saturated heterocycles. The van der Waals surface area contributed by atoms with Gasteiger partial charge >= 0.3 is 0 Å². The third kappa shape index (κ3) is 2.15. The first-order valence-corrected chi connectivity index (χ1v) is 9.98. The molecule has 4 bridgehead atoms. The van der Waals surface area contributed by atoms with E-state index in [-0.39, 0.29) is 0 Å². The first kappa shape index (κ1) is 14.6. The zero-order chi connectivity index (χ0) is 16.3. The Labute approximate surface area is 151 Å². The molecule has 0 nitrogen and oxygen atoms in total. The molecule has 3 heteroatoms. The number of benzene rings is 3. The lowest BCUT2D eigenvalue weighted by Gasteiger charge is -2.11. The van der Waals surface area contributed by atoms with E-state index < -0.39 is 7.53 Å². The van der Waals surface area contributed by atoms with E-state index in [1.807, 2.05) is 12.1 Å². The van der Waals surface area contributed by atoms with Gasteiger partial charge in [-0.25, -0.2) is 0 Å². The van der Waals surface area contributed by atoms with Crippen molar-refractivity contribution in [3.63, 3.8) is 0 Å². The Kier molecular flexibility index (Phi) is 3.28. The summed E-state index contributed by atoms with van der Waals surface area (Å²) >= 11 is 12.6. The molecule has 0 spiro atoms. The topological polar surface area (TPSA) is 0 Å². The highest BCUT2D eigenvalue weighted by atomic mass is 35.5. The molecule has 0 N–H and O–H groups in total. The van der Waals surface area contributed by atoms with Gasteiger partial charge in [-0.05, 0) is 74.8 Å². The molecule has 1 aliphatic rings. The molecule has 0 amide bonds. The zero-order valence-corrected chi connectivity index (χ0v) is 15.2. The fraction of sp³-hybridized carbons (Fsp3) is 0.0476. The molecule has 3 aromatic carbocycles. The summed E-state index contributed by atoms with van der Waals surface area (Å²) in [4.78, 5) is 0. The molecule has 24 heavy (non-hydrogen) atoms. The van der Waals surface area contributed by atoms with E-state index in [0.717, 1.165) is 16.5 Å². The van der Waals surface area contributed by atoms with E-state index in [4.69, 9.17) is 23.2 Å². The van der Waals surface area contributed by atoms with Crippen LogP contribution in [0.2, 0.25) is 10.0 Å². The average Bonchev–Trinajstić information content (AvgIpc) is 3.08. The minimum absolute atomic E-state index is 0.615. The van der Waals surface area contributed by atoms with Gasteiger partial charge in [-0.2, -0.15) is 0 Å². The number of hydrogen-bond donors (Lipinski definition) is 0. The molecule has 0 aliphatic heterocycles. The molecule has 1 aliphatic carbocycles. The largest absolute Gasteiger partial charge is 0.0843 e. The predicted molar refractivity (Wildman–Crippen MR) is 107 cm³/mol. The maximum absolute atomic E-state index is 6.50. The maximum atomic E-state index is 6.50. The number of fused-ring (bicyclic) bond motifs is 2. The van der Waals surface area contributed by atoms with E-state index in [1.165, 1.54) is 37.4 Å². The summed E-state index contributed by atoms with van der Waals surface area (Å²) in [5.41, 5.74) is 2.63.